The predicted octanol–water partition coefficient (Wildman–Crippen LogP) is 2.79. The topological polar surface area (TPSA) is 102 Å². The van der Waals surface area contributed by atoms with Gasteiger partial charge in [-0.1, -0.05) is 36.4 Å². The standard InChI is InChI=1S/C21H17N3O5/c25-20(22-11-14-5-6-15-3-1-2-4-16(15)9-14)12-23-18-10-17(24(27)28)7-8-19(18)29-13-21(23)26/h1-10H,11-13H2,(H,22,25). The first-order valence-corrected chi connectivity index (χ1v) is 8.97. The van der Waals surface area contributed by atoms with E-state index >= 15 is 0 Å². The molecule has 0 saturated carbocycles. The zero-order valence-electron chi connectivity index (χ0n) is 15.3. The molecule has 0 saturated heterocycles. The van der Waals surface area contributed by atoms with Crippen molar-refractivity contribution in [3.05, 3.63) is 76.3 Å². The first-order valence-electron chi connectivity index (χ1n) is 8.97. The Morgan fingerprint density at radius 3 is 2.69 bits per heavy atom. The Hall–Kier alpha value is -3.94. The van der Waals surface area contributed by atoms with Crippen molar-refractivity contribution in [1.82, 2.24) is 5.32 Å². The molecule has 8 heteroatoms. The number of benzene rings is 3. The number of nitrogens with zero attached hydrogens (tertiary/aromatic N) is 2. The Balaban J connectivity index is 1.47. The van der Waals surface area contributed by atoms with E-state index in [0.29, 0.717) is 12.3 Å². The lowest BCUT2D eigenvalue weighted by Gasteiger charge is -2.28. The number of hydrogen-bond acceptors (Lipinski definition) is 5. The molecule has 2 amide bonds. The number of carbonyl (C=O) groups is 2. The third-order valence-electron chi connectivity index (χ3n) is 4.70. The molecule has 0 bridgehead atoms. The van der Waals surface area contributed by atoms with E-state index in [1.54, 1.807) is 0 Å². The van der Waals surface area contributed by atoms with Crippen LogP contribution in [0.4, 0.5) is 11.4 Å². The summed E-state index contributed by atoms with van der Waals surface area (Å²) >= 11 is 0. The van der Waals surface area contributed by atoms with Gasteiger partial charge in [0, 0.05) is 18.7 Å². The van der Waals surface area contributed by atoms with Crippen LogP contribution >= 0.6 is 0 Å². The molecule has 0 spiro atoms. The van der Waals surface area contributed by atoms with Crippen molar-refractivity contribution in [2.24, 2.45) is 0 Å². The van der Waals surface area contributed by atoms with Gasteiger partial charge >= 0.3 is 0 Å². The molecule has 3 aromatic carbocycles. The Labute approximate surface area is 165 Å². The van der Waals surface area contributed by atoms with Crippen LogP contribution in [0.3, 0.4) is 0 Å². The van der Waals surface area contributed by atoms with Gasteiger partial charge in [0.2, 0.25) is 5.91 Å². The highest BCUT2D eigenvalue weighted by Crippen LogP contribution is 2.35. The minimum Gasteiger partial charge on any atom is -0.482 e. The third kappa shape index (κ3) is 3.86. The highest BCUT2D eigenvalue weighted by atomic mass is 16.6. The van der Waals surface area contributed by atoms with Crippen LogP contribution in [0.1, 0.15) is 5.56 Å². The SMILES string of the molecule is O=C(CN1C(=O)COc2ccc([N+](=O)[O-])cc21)NCc1ccc2ccccc2c1. The Morgan fingerprint density at radius 1 is 1.10 bits per heavy atom. The third-order valence-corrected chi connectivity index (χ3v) is 4.70. The van der Waals surface area contributed by atoms with Crippen LogP contribution in [0.15, 0.2) is 60.7 Å². The number of ether oxygens (including phenoxy) is 1. The zero-order valence-corrected chi connectivity index (χ0v) is 15.3. The minimum absolute atomic E-state index is 0.177. The second-order valence-electron chi connectivity index (χ2n) is 6.64. The van der Waals surface area contributed by atoms with Gasteiger partial charge in [0.15, 0.2) is 6.61 Å². The van der Waals surface area contributed by atoms with Crippen molar-refractivity contribution in [3.63, 3.8) is 0 Å². The number of non-ortho nitro benzene ring substituents is 1. The summed E-state index contributed by atoms with van der Waals surface area (Å²) in [6, 6.07) is 17.8. The fourth-order valence-electron chi connectivity index (χ4n) is 3.23. The van der Waals surface area contributed by atoms with Crippen LogP contribution in [-0.2, 0) is 16.1 Å². The Bertz CT molecular complexity index is 1130. The van der Waals surface area contributed by atoms with Crippen molar-refractivity contribution >= 4 is 34.0 Å². The van der Waals surface area contributed by atoms with Gasteiger partial charge in [0.05, 0.1) is 10.6 Å². The second-order valence-corrected chi connectivity index (χ2v) is 6.64. The number of anilines is 1. The fraction of sp³-hybridized carbons (Fsp3) is 0.143. The Morgan fingerprint density at radius 2 is 1.90 bits per heavy atom. The van der Waals surface area contributed by atoms with Crippen molar-refractivity contribution < 1.29 is 19.2 Å². The quantitative estimate of drug-likeness (QED) is 0.532. The van der Waals surface area contributed by atoms with E-state index in [4.69, 9.17) is 4.74 Å². The number of nitro groups is 1. The molecule has 0 aromatic heterocycles. The highest BCUT2D eigenvalue weighted by molar-refractivity contribution is 6.02. The molecule has 1 heterocycles. The van der Waals surface area contributed by atoms with Crippen molar-refractivity contribution in [2.75, 3.05) is 18.1 Å². The molecule has 146 valence electrons. The van der Waals surface area contributed by atoms with E-state index in [1.807, 2.05) is 42.5 Å². The van der Waals surface area contributed by atoms with Gasteiger partial charge in [-0.15, -0.1) is 0 Å². The molecular weight excluding hydrogens is 374 g/mol. The minimum atomic E-state index is -0.558. The molecule has 8 nitrogen and oxygen atoms in total. The molecule has 0 fully saturated rings. The van der Waals surface area contributed by atoms with E-state index in [2.05, 4.69) is 5.32 Å². The van der Waals surface area contributed by atoms with E-state index in [-0.39, 0.29) is 30.4 Å². The predicted molar refractivity (Wildman–Crippen MR) is 107 cm³/mol. The van der Waals surface area contributed by atoms with Crippen LogP contribution < -0.4 is 15.0 Å². The van der Waals surface area contributed by atoms with Gasteiger partial charge < -0.3 is 10.1 Å². The van der Waals surface area contributed by atoms with Gasteiger partial charge in [0.1, 0.15) is 12.3 Å². The van der Waals surface area contributed by atoms with E-state index in [9.17, 15) is 19.7 Å². The van der Waals surface area contributed by atoms with E-state index < -0.39 is 10.8 Å². The molecule has 0 aliphatic carbocycles. The molecule has 1 N–H and O–H groups in total. The summed E-state index contributed by atoms with van der Waals surface area (Å²) in [5.41, 5.74) is 0.973. The summed E-state index contributed by atoms with van der Waals surface area (Å²) < 4.78 is 5.31. The maximum atomic E-state index is 12.4. The summed E-state index contributed by atoms with van der Waals surface area (Å²) in [5, 5.41) is 16.0. The normalized spacial score (nSPS) is 13.0. The number of amides is 2. The summed E-state index contributed by atoms with van der Waals surface area (Å²) in [7, 11) is 0. The Kier molecular flexibility index (Phi) is 4.82. The number of nitrogens with one attached hydrogen (secondary N) is 1. The van der Waals surface area contributed by atoms with Gasteiger partial charge in [-0.05, 0) is 28.5 Å². The van der Waals surface area contributed by atoms with Crippen LogP contribution in [0.25, 0.3) is 10.8 Å². The van der Waals surface area contributed by atoms with Gasteiger partial charge in [-0.2, -0.15) is 0 Å². The lowest BCUT2D eigenvalue weighted by atomic mass is 10.1. The summed E-state index contributed by atoms with van der Waals surface area (Å²) in [6.07, 6.45) is 0. The molecule has 0 radical (unpaired) electrons. The van der Waals surface area contributed by atoms with Crippen molar-refractivity contribution in [2.45, 2.75) is 6.54 Å². The molecular formula is C21H17N3O5. The summed E-state index contributed by atoms with van der Waals surface area (Å²) in [6.45, 7) is -0.156. The molecule has 0 unspecified atom stereocenters. The van der Waals surface area contributed by atoms with Crippen LogP contribution in [0, 0.1) is 10.1 Å². The smallest absolute Gasteiger partial charge is 0.271 e. The maximum absolute atomic E-state index is 12.4. The summed E-state index contributed by atoms with van der Waals surface area (Å²) in [4.78, 5) is 36.4. The number of carbonyl (C=O) groups excluding carboxylic acids is 2. The zero-order chi connectivity index (χ0) is 20.4. The molecule has 4 rings (SSSR count). The van der Waals surface area contributed by atoms with Gasteiger partial charge in [-0.3, -0.25) is 24.6 Å². The monoisotopic (exact) mass is 391 g/mol. The largest absolute Gasteiger partial charge is 0.482 e. The van der Waals surface area contributed by atoms with Crippen LogP contribution in [0.2, 0.25) is 0 Å². The second kappa shape index (κ2) is 7.59. The van der Waals surface area contributed by atoms with Crippen LogP contribution in [-0.4, -0.2) is 29.9 Å². The number of nitro benzene ring substituents is 1. The molecule has 0 atom stereocenters. The highest BCUT2D eigenvalue weighted by Gasteiger charge is 2.29. The van der Waals surface area contributed by atoms with Crippen molar-refractivity contribution in [1.29, 1.82) is 0 Å². The maximum Gasteiger partial charge on any atom is 0.271 e. The van der Waals surface area contributed by atoms with Crippen LogP contribution in [0.5, 0.6) is 5.75 Å². The first kappa shape index (κ1) is 18.4. The van der Waals surface area contributed by atoms with Gasteiger partial charge in [-0.25, -0.2) is 0 Å². The van der Waals surface area contributed by atoms with E-state index in [1.165, 1.54) is 23.1 Å². The molecule has 1 aliphatic rings. The van der Waals surface area contributed by atoms with E-state index in [0.717, 1.165) is 16.3 Å². The lowest BCUT2D eigenvalue weighted by Crippen LogP contribution is -2.45. The van der Waals surface area contributed by atoms with Gasteiger partial charge in [0.25, 0.3) is 11.6 Å². The lowest BCUT2D eigenvalue weighted by molar-refractivity contribution is -0.384. The average Bonchev–Trinajstić information content (AvgIpc) is 2.73. The number of fused-ring (bicyclic) bond motifs is 2. The first-order chi connectivity index (χ1) is 14.0. The molecule has 3 aromatic rings. The number of rotatable bonds is 5. The van der Waals surface area contributed by atoms with Crippen molar-refractivity contribution in [3.8, 4) is 5.75 Å². The number of hydrogen-bond donors (Lipinski definition) is 1. The fourth-order valence-corrected chi connectivity index (χ4v) is 3.23. The summed E-state index contributed by atoms with van der Waals surface area (Å²) in [5.74, 6) is -0.470. The average molecular weight is 391 g/mol. The molecule has 1 aliphatic heterocycles. The molecule has 29 heavy (non-hydrogen) atoms.